The number of methoxy groups -OCH3 is 1. The minimum absolute atomic E-state index is 0.218. The Labute approximate surface area is 177 Å². The molecule has 1 atom stereocenters. The lowest BCUT2D eigenvalue weighted by Crippen LogP contribution is -2.44. The first-order valence-corrected chi connectivity index (χ1v) is 10.2. The molecular formula is C24H29NO5. The Bertz CT molecular complexity index is 908. The van der Waals surface area contributed by atoms with E-state index in [1.54, 1.807) is 0 Å². The van der Waals surface area contributed by atoms with E-state index in [4.69, 9.17) is 14.2 Å². The van der Waals surface area contributed by atoms with Crippen molar-refractivity contribution < 1.29 is 23.8 Å². The predicted octanol–water partition coefficient (Wildman–Crippen LogP) is 4.44. The highest BCUT2D eigenvalue weighted by molar-refractivity contribution is 5.84. The normalized spacial score (nSPS) is 15.5. The molecule has 160 valence electrons. The van der Waals surface area contributed by atoms with E-state index in [2.05, 4.69) is 13.0 Å². The zero-order valence-electron chi connectivity index (χ0n) is 18.0. The van der Waals surface area contributed by atoms with Crippen LogP contribution in [0.4, 0.5) is 4.79 Å². The molecule has 30 heavy (non-hydrogen) atoms. The highest BCUT2D eigenvalue weighted by Crippen LogP contribution is 2.34. The smallest absolute Gasteiger partial charge is 0.410 e. The largest absolute Gasteiger partial charge is 0.489 e. The molecule has 6 nitrogen and oxygen atoms in total. The van der Waals surface area contributed by atoms with Gasteiger partial charge in [-0.25, -0.2) is 9.59 Å². The van der Waals surface area contributed by atoms with E-state index in [0.717, 1.165) is 22.4 Å². The summed E-state index contributed by atoms with van der Waals surface area (Å²) in [7, 11) is 1.33. The number of nitrogens with zero attached hydrogens (tertiary/aromatic N) is 1. The van der Waals surface area contributed by atoms with Gasteiger partial charge in [0.15, 0.2) is 6.04 Å². The predicted molar refractivity (Wildman–Crippen MR) is 113 cm³/mol. The monoisotopic (exact) mass is 411 g/mol. The van der Waals surface area contributed by atoms with Crippen LogP contribution in [0, 0.1) is 12.8 Å². The Morgan fingerprint density at radius 2 is 1.93 bits per heavy atom. The van der Waals surface area contributed by atoms with E-state index in [9.17, 15) is 9.59 Å². The molecular weight excluding hydrogens is 382 g/mol. The lowest BCUT2D eigenvalue weighted by atomic mass is 9.92. The number of carbonyl (C=O) groups is 2. The lowest BCUT2D eigenvalue weighted by molar-refractivity contribution is -0.147. The Kier molecular flexibility index (Phi) is 6.98. The van der Waals surface area contributed by atoms with Crippen LogP contribution in [0.3, 0.4) is 0 Å². The number of amides is 1. The van der Waals surface area contributed by atoms with E-state index < -0.39 is 18.1 Å². The van der Waals surface area contributed by atoms with Crippen LogP contribution in [0.1, 0.15) is 42.1 Å². The van der Waals surface area contributed by atoms with Crippen molar-refractivity contribution in [1.82, 2.24) is 4.90 Å². The molecule has 0 radical (unpaired) electrons. The number of rotatable bonds is 6. The molecule has 1 heterocycles. The van der Waals surface area contributed by atoms with Gasteiger partial charge in [-0.2, -0.15) is 0 Å². The van der Waals surface area contributed by atoms with Crippen LogP contribution in [-0.2, 0) is 27.3 Å². The van der Waals surface area contributed by atoms with Crippen LogP contribution in [0.25, 0.3) is 0 Å². The van der Waals surface area contributed by atoms with E-state index >= 15 is 0 Å². The summed E-state index contributed by atoms with van der Waals surface area (Å²) in [4.78, 5) is 26.5. The van der Waals surface area contributed by atoms with Gasteiger partial charge in [-0.3, -0.25) is 4.90 Å². The molecule has 1 unspecified atom stereocenters. The molecule has 1 amide bonds. The minimum Gasteiger partial charge on any atom is -0.489 e. The van der Waals surface area contributed by atoms with Crippen molar-refractivity contribution in [2.75, 3.05) is 20.3 Å². The van der Waals surface area contributed by atoms with Crippen molar-refractivity contribution in [1.29, 1.82) is 0 Å². The summed E-state index contributed by atoms with van der Waals surface area (Å²) in [6.07, 6.45) is 0.117. The second kappa shape index (κ2) is 9.65. The molecule has 0 bridgehead atoms. The average molecular weight is 411 g/mol. The van der Waals surface area contributed by atoms with Crippen LogP contribution in [0.2, 0.25) is 0 Å². The van der Waals surface area contributed by atoms with Gasteiger partial charge in [-0.05, 0) is 53.6 Å². The number of hydrogen-bond donors (Lipinski definition) is 0. The first-order chi connectivity index (χ1) is 14.4. The molecule has 0 N–H and O–H groups in total. The van der Waals surface area contributed by atoms with Gasteiger partial charge in [0, 0.05) is 6.54 Å². The molecule has 0 saturated heterocycles. The number of esters is 1. The summed E-state index contributed by atoms with van der Waals surface area (Å²) in [5.74, 6) is 0.470. The third-order valence-electron chi connectivity index (χ3n) is 5.20. The molecule has 3 rings (SSSR count). The van der Waals surface area contributed by atoms with Crippen LogP contribution >= 0.6 is 0 Å². The Balaban J connectivity index is 1.79. The summed E-state index contributed by atoms with van der Waals surface area (Å²) in [6, 6.07) is 12.9. The van der Waals surface area contributed by atoms with E-state index in [-0.39, 0.29) is 5.92 Å². The van der Waals surface area contributed by atoms with Gasteiger partial charge in [-0.15, -0.1) is 0 Å². The summed E-state index contributed by atoms with van der Waals surface area (Å²) >= 11 is 0. The van der Waals surface area contributed by atoms with Gasteiger partial charge < -0.3 is 14.2 Å². The van der Waals surface area contributed by atoms with Crippen LogP contribution < -0.4 is 4.74 Å². The summed E-state index contributed by atoms with van der Waals surface area (Å²) in [5.41, 5.74) is 4.02. The van der Waals surface area contributed by atoms with Gasteiger partial charge in [-0.1, -0.05) is 44.2 Å². The van der Waals surface area contributed by atoms with Gasteiger partial charge in [0.1, 0.15) is 12.4 Å². The molecule has 2 aromatic rings. The van der Waals surface area contributed by atoms with Crippen molar-refractivity contribution in [3.63, 3.8) is 0 Å². The zero-order valence-corrected chi connectivity index (χ0v) is 18.0. The molecule has 0 aromatic heterocycles. The summed E-state index contributed by atoms with van der Waals surface area (Å²) in [5, 5.41) is 0. The molecule has 0 spiro atoms. The quantitative estimate of drug-likeness (QED) is 0.658. The van der Waals surface area contributed by atoms with Crippen molar-refractivity contribution in [3.8, 4) is 5.75 Å². The third kappa shape index (κ3) is 4.93. The van der Waals surface area contributed by atoms with Crippen molar-refractivity contribution in [2.45, 2.75) is 39.8 Å². The second-order valence-electron chi connectivity index (χ2n) is 7.92. The number of benzene rings is 2. The van der Waals surface area contributed by atoms with E-state index in [1.807, 2.05) is 50.2 Å². The molecule has 1 aliphatic rings. The zero-order chi connectivity index (χ0) is 21.7. The average Bonchev–Trinajstić information content (AvgIpc) is 2.75. The fraction of sp³-hybridized carbons (Fsp3) is 0.417. The first-order valence-electron chi connectivity index (χ1n) is 10.2. The second-order valence-corrected chi connectivity index (χ2v) is 7.92. The van der Waals surface area contributed by atoms with Crippen molar-refractivity contribution in [2.24, 2.45) is 5.92 Å². The number of aryl methyl sites for hydroxylation is 1. The molecule has 0 saturated carbocycles. The number of carbonyl (C=O) groups excluding carboxylic acids is 2. The molecule has 1 aliphatic heterocycles. The first kappa shape index (κ1) is 21.7. The van der Waals surface area contributed by atoms with Crippen LogP contribution in [-0.4, -0.2) is 37.2 Å². The Hall–Kier alpha value is -3.02. The topological polar surface area (TPSA) is 65.1 Å². The highest BCUT2D eigenvalue weighted by atomic mass is 16.6. The van der Waals surface area contributed by atoms with Gasteiger partial charge >= 0.3 is 12.1 Å². The Morgan fingerprint density at radius 1 is 1.17 bits per heavy atom. The van der Waals surface area contributed by atoms with Crippen LogP contribution in [0.15, 0.2) is 42.5 Å². The molecule has 0 aliphatic carbocycles. The van der Waals surface area contributed by atoms with E-state index in [1.165, 1.54) is 17.6 Å². The minimum atomic E-state index is -0.816. The number of ether oxygens (including phenoxy) is 3. The van der Waals surface area contributed by atoms with Gasteiger partial charge in [0.25, 0.3) is 0 Å². The number of fused-ring (bicyclic) bond motifs is 1. The SMILES string of the molecule is COC(=O)C1c2ccc(OCc3ccccc3C)cc2CCN1C(=O)OCC(C)C. The third-order valence-corrected chi connectivity index (χ3v) is 5.20. The Morgan fingerprint density at radius 3 is 2.63 bits per heavy atom. The lowest BCUT2D eigenvalue weighted by Gasteiger charge is -2.35. The van der Waals surface area contributed by atoms with Crippen molar-refractivity contribution >= 4 is 12.1 Å². The fourth-order valence-corrected chi connectivity index (χ4v) is 3.51. The standard InChI is InChI=1S/C24H29NO5/c1-16(2)14-30-24(27)25-12-11-18-13-20(9-10-21(18)22(25)23(26)28-4)29-15-19-8-6-5-7-17(19)3/h5-10,13,16,22H,11-12,14-15H2,1-4H3. The molecule has 2 aromatic carbocycles. The summed E-state index contributed by atoms with van der Waals surface area (Å²) < 4.78 is 16.3. The maximum Gasteiger partial charge on any atom is 0.410 e. The van der Waals surface area contributed by atoms with Gasteiger partial charge in [0.05, 0.1) is 13.7 Å². The molecule has 6 heteroatoms. The molecule has 0 fully saturated rings. The van der Waals surface area contributed by atoms with Gasteiger partial charge in [0.2, 0.25) is 0 Å². The van der Waals surface area contributed by atoms with Crippen molar-refractivity contribution in [3.05, 3.63) is 64.7 Å². The van der Waals surface area contributed by atoms with E-state index in [0.29, 0.717) is 26.2 Å². The highest BCUT2D eigenvalue weighted by Gasteiger charge is 2.37. The maximum absolute atomic E-state index is 12.6. The maximum atomic E-state index is 12.6. The number of hydrogen-bond acceptors (Lipinski definition) is 5. The summed E-state index contributed by atoms with van der Waals surface area (Å²) in [6.45, 7) is 7.15. The fourth-order valence-electron chi connectivity index (χ4n) is 3.51. The van der Waals surface area contributed by atoms with Crippen LogP contribution in [0.5, 0.6) is 5.75 Å².